The van der Waals surface area contributed by atoms with Gasteiger partial charge < -0.3 is 15.4 Å². The Morgan fingerprint density at radius 3 is 2.50 bits per heavy atom. The van der Waals surface area contributed by atoms with Gasteiger partial charge >= 0.3 is 0 Å². The van der Waals surface area contributed by atoms with Crippen molar-refractivity contribution >= 4 is 5.96 Å². The first-order chi connectivity index (χ1) is 12.4. The van der Waals surface area contributed by atoms with Gasteiger partial charge in [-0.2, -0.15) is 5.10 Å². The molecule has 0 fully saturated rings. The largest absolute Gasteiger partial charge is 0.497 e. The zero-order valence-corrected chi connectivity index (χ0v) is 16.8. The zero-order chi connectivity index (χ0) is 19.1. The molecule has 142 valence electrons. The van der Waals surface area contributed by atoms with Crippen molar-refractivity contribution in [1.29, 1.82) is 0 Å². The average molecular weight is 358 g/mol. The fourth-order valence-corrected chi connectivity index (χ4v) is 3.02. The van der Waals surface area contributed by atoms with Gasteiger partial charge in [0.1, 0.15) is 5.75 Å². The molecule has 1 aromatic carbocycles. The number of aryl methyl sites for hydroxylation is 2. The van der Waals surface area contributed by atoms with Crippen LogP contribution in [0, 0.1) is 13.8 Å². The predicted molar refractivity (Wildman–Crippen MR) is 107 cm³/mol. The summed E-state index contributed by atoms with van der Waals surface area (Å²) in [5.41, 5.74) is 4.89. The molecule has 2 aromatic rings. The van der Waals surface area contributed by atoms with E-state index >= 15 is 0 Å². The molecular weight excluding hydrogens is 326 g/mol. The molecule has 0 amide bonds. The van der Waals surface area contributed by atoms with Gasteiger partial charge in [-0.3, -0.25) is 9.67 Å². The van der Waals surface area contributed by atoms with Gasteiger partial charge in [0.2, 0.25) is 0 Å². The summed E-state index contributed by atoms with van der Waals surface area (Å²) >= 11 is 0. The van der Waals surface area contributed by atoms with Crippen LogP contribution in [-0.4, -0.2) is 42.5 Å². The van der Waals surface area contributed by atoms with E-state index in [1.807, 2.05) is 23.9 Å². The summed E-state index contributed by atoms with van der Waals surface area (Å²) in [5.74, 6) is 1.71. The minimum atomic E-state index is 0.267. The van der Waals surface area contributed by atoms with Crippen molar-refractivity contribution in [2.75, 3.05) is 20.7 Å². The number of methoxy groups -OCH3 is 1. The molecule has 6 nitrogen and oxygen atoms in total. The first-order valence-corrected chi connectivity index (χ1v) is 9.03. The number of rotatable bonds is 7. The summed E-state index contributed by atoms with van der Waals surface area (Å²) in [6.45, 7) is 7.17. The lowest BCUT2D eigenvalue weighted by molar-refractivity contribution is 0.414. The highest BCUT2D eigenvalue weighted by molar-refractivity contribution is 5.79. The Bertz CT molecular complexity index is 733. The molecule has 1 unspecified atom stereocenters. The summed E-state index contributed by atoms with van der Waals surface area (Å²) in [7, 11) is 5.47. The summed E-state index contributed by atoms with van der Waals surface area (Å²) in [6.07, 6.45) is 1.85. The number of benzene rings is 1. The molecule has 0 radical (unpaired) electrons. The molecule has 2 N–H and O–H groups in total. The Kier molecular flexibility index (Phi) is 7.06. The van der Waals surface area contributed by atoms with Gasteiger partial charge in [-0.05, 0) is 56.9 Å². The zero-order valence-electron chi connectivity index (χ0n) is 16.8. The van der Waals surface area contributed by atoms with E-state index in [1.165, 1.54) is 16.8 Å². The standard InChI is InChI=1S/C20H31N5O/c1-14(13-19-15(2)24-25(5)16(19)3)23-20(21-4)22-12-11-17-7-9-18(26-6)10-8-17/h7-10,14H,11-13H2,1-6H3,(H2,21,22,23). The first kappa shape index (κ1) is 19.8. The number of aromatic nitrogens is 2. The lowest BCUT2D eigenvalue weighted by Gasteiger charge is -2.18. The molecule has 1 heterocycles. The number of ether oxygens (including phenoxy) is 1. The lowest BCUT2D eigenvalue weighted by atomic mass is 10.1. The number of nitrogens with one attached hydrogen (secondary N) is 2. The van der Waals surface area contributed by atoms with Crippen molar-refractivity contribution in [2.45, 2.75) is 39.7 Å². The van der Waals surface area contributed by atoms with E-state index in [9.17, 15) is 0 Å². The van der Waals surface area contributed by atoms with Crippen LogP contribution in [0.3, 0.4) is 0 Å². The van der Waals surface area contributed by atoms with Crippen molar-refractivity contribution in [1.82, 2.24) is 20.4 Å². The topological polar surface area (TPSA) is 63.5 Å². The highest BCUT2D eigenvalue weighted by Crippen LogP contribution is 2.14. The van der Waals surface area contributed by atoms with Crippen molar-refractivity contribution in [3.8, 4) is 5.75 Å². The lowest BCUT2D eigenvalue weighted by Crippen LogP contribution is -2.43. The summed E-state index contributed by atoms with van der Waals surface area (Å²) < 4.78 is 7.13. The van der Waals surface area contributed by atoms with Crippen LogP contribution >= 0.6 is 0 Å². The number of guanidine groups is 1. The Morgan fingerprint density at radius 2 is 1.96 bits per heavy atom. The van der Waals surface area contributed by atoms with E-state index in [-0.39, 0.29) is 6.04 Å². The number of hydrogen-bond donors (Lipinski definition) is 2. The normalized spacial score (nSPS) is 12.8. The van der Waals surface area contributed by atoms with Gasteiger partial charge in [0.15, 0.2) is 5.96 Å². The fraction of sp³-hybridized carbons (Fsp3) is 0.500. The van der Waals surface area contributed by atoms with Crippen LogP contribution < -0.4 is 15.4 Å². The molecule has 0 aliphatic carbocycles. The van der Waals surface area contributed by atoms with Crippen LogP contribution in [0.2, 0.25) is 0 Å². The highest BCUT2D eigenvalue weighted by Gasteiger charge is 2.13. The van der Waals surface area contributed by atoms with Gasteiger partial charge in [-0.15, -0.1) is 0 Å². The summed E-state index contributed by atoms with van der Waals surface area (Å²) in [5, 5.41) is 11.3. The van der Waals surface area contributed by atoms with Crippen LogP contribution in [0.1, 0.15) is 29.4 Å². The van der Waals surface area contributed by atoms with Crippen LogP contribution in [0.25, 0.3) is 0 Å². The highest BCUT2D eigenvalue weighted by atomic mass is 16.5. The van der Waals surface area contributed by atoms with Gasteiger partial charge in [0, 0.05) is 32.4 Å². The van der Waals surface area contributed by atoms with Crippen LogP contribution in [0.5, 0.6) is 5.75 Å². The van der Waals surface area contributed by atoms with Crippen molar-refractivity contribution in [2.24, 2.45) is 12.0 Å². The molecule has 0 aliphatic heterocycles. The van der Waals surface area contributed by atoms with Gasteiger partial charge in [0.25, 0.3) is 0 Å². The second kappa shape index (κ2) is 9.27. The number of nitrogens with zero attached hydrogens (tertiary/aromatic N) is 3. The van der Waals surface area contributed by atoms with E-state index in [0.717, 1.165) is 36.8 Å². The molecule has 0 saturated carbocycles. The Hall–Kier alpha value is -2.50. The molecule has 0 saturated heterocycles. The van der Waals surface area contributed by atoms with E-state index in [2.05, 4.69) is 53.6 Å². The summed E-state index contributed by atoms with van der Waals surface area (Å²) in [4.78, 5) is 4.33. The maximum absolute atomic E-state index is 5.19. The molecule has 1 aromatic heterocycles. The molecule has 2 rings (SSSR count). The number of aliphatic imine (C=N–C) groups is 1. The molecule has 0 aliphatic rings. The van der Waals surface area contributed by atoms with Crippen molar-refractivity contribution in [3.63, 3.8) is 0 Å². The molecule has 0 bridgehead atoms. The smallest absolute Gasteiger partial charge is 0.191 e. The van der Waals surface area contributed by atoms with E-state index in [1.54, 1.807) is 14.2 Å². The van der Waals surface area contributed by atoms with Crippen molar-refractivity contribution < 1.29 is 4.74 Å². The second-order valence-electron chi connectivity index (χ2n) is 6.62. The molecular formula is C20H31N5O. The maximum Gasteiger partial charge on any atom is 0.191 e. The van der Waals surface area contributed by atoms with Gasteiger partial charge in [-0.1, -0.05) is 12.1 Å². The molecule has 26 heavy (non-hydrogen) atoms. The molecule has 1 atom stereocenters. The van der Waals surface area contributed by atoms with Crippen molar-refractivity contribution in [3.05, 3.63) is 46.8 Å². The van der Waals surface area contributed by atoms with E-state index in [4.69, 9.17) is 4.74 Å². The Labute approximate surface area is 156 Å². The SMILES string of the molecule is CN=C(NCCc1ccc(OC)cc1)NC(C)Cc1c(C)nn(C)c1C. The van der Waals surface area contributed by atoms with Gasteiger partial charge in [-0.25, -0.2) is 0 Å². The van der Waals surface area contributed by atoms with Crippen LogP contribution in [-0.2, 0) is 19.9 Å². The minimum Gasteiger partial charge on any atom is -0.497 e. The molecule has 0 spiro atoms. The van der Waals surface area contributed by atoms with E-state index < -0.39 is 0 Å². The third-order valence-electron chi connectivity index (χ3n) is 4.64. The monoisotopic (exact) mass is 357 g/mol. The Balaban J connectivity index is 1.82. The van der Waals surface area contributed by atoms with E-state index in [0.29, 0.717) is 0 Å². The second-order valence-corrected chi connectivity index (χ2v) is 6.62. The third kappa shape index (κ3) is 5.25. The first-order valence-electron chi connectivity index (χ1n) is 9.03. The minimum absolute atomic E-state index is 0.267. The Morgan fingerprint density at radius 1 is 1.27 bits per heavy atom. The third-order valence-corrected chi connectivity index (χ3v) is 4.64. The van der Waals surface area contributed by atoms with Gasteiger partial charge in [0.05, 0.1) is 12.8 Å². The maximum atomic E-state index is 5.19. The fourth-order valence-electron chi connectivity index (χ4n) is 3.02. The summed E-state index contributed by atoms with van der Waals surface area (Å²) in [6, 6.07) is 8.43. The average Bonchev–Trinajstić information content (AvgIpc) is 2.87. The van der Waals surface area contributed by atoms with Crippen LogP contribution in [0.15, 0.2) is 29.3 Å². The van der Waals surface area contributed by atoms with Crippen LogP contribution in [0.4, 0.5) is 0 Å². The predicted octanol–water partition coefficient (Wildman–Crippen LogP) is 2.38. The molecule has 6 heteroatoms. The quantitative estimate of drug-likeness (QED) is 0.590. The number of hydrogen-bond acceptors (Lipinski definition) is 3.